The van der Waals surface area contributed by atoms with E-state index in [-0.39, 0.29) is 0 Å². The van der Waals surface area contributed by atoms with Gasteiger partial charge in [-0.25, -0.2) is 4.98 Å². The summed E-state index contributed by atoms with van der Waals surface area (Å²) in [7, 11) is 0. The van der Waals surface area contributed by atoms with Gasteiger partial charge in [0.15, 0.2) is 0 Å². The van der Waals surface area contributed by atoms with Gasteiger partial charge in [0.2, 0.25) is 0 Å². The largest absolute Gasteiger partial charge is 0.355 e. The molecule has 0 bridgehead atoms. The van der Waals surface area contributed by atoms with Crippen LogP contribution in [0.4, 0.5) is 5.82 Å². The van der Waals surface area contributed by atoms with Crippen molar-refractivity contribution >= 4 is 17.4 Å². The Morgan fingerprint density at radius 2 is 2.41 bits per heavy atom. The van der Waals surface area contributed by atoms with Crippen molar-refractivity contribution in [3.8, 4) is 0 Å². The summed E-state index contributed by atoms with van der Waals surface area (Å²) in [6, 6.07) is 1.90. The molecule has 1 aliphatic heterocycles. The smallest absolute Gasteiger partial charge is 0.147 e. The number of hydrogen-bond acceptors (Lipinski definition) is 3. The fraction of sp³-hybridized carbons (Fsp3) is 0.615. The number of halogens is 1. The van der Waals surface area contributed by atoms with Gasteiger partial charge in [0.25, 0.3) is 0 Å². The molecule has 3 nitrogen and oxygen atoms in total. The van der Waals surface area contributed by atoms with E-state index < -0.39 is 0 Å². The summed E-state index contributed by atoms with van der Waals surface area (Å²) in [5, 5.41) is 0.728. The van der Waals surface area contributed by atoms with Gasteiger partial charge in [-0.2, -0.15) is 0 Å². The Hall–Kier alpha value is -0.800. The first-order chi connectivity index (χ1) is 8.26. The second-order valence-electron chi connectivity index (χ2n) is 4.67. The predicted molar refractivity (Wildman–Crippen MR) is 72.4 cm³/mol. The van der Waals surface area contributed by atoms with Gasteiger partial charge in [0.05, 0.1) is 5.02 Å². The van der Waals surface area contributed by atoms with Crippen LogP contribution in [0, 0.1) is 5.92 Å². The second-order valence-corrected chi connectivity index (χ2v) is 5.05. The van der Waals surface area contributed by atoms with Gasteiger partial charge in [-0.15, -0.1) is 0 Å². The van der Waals surface area contributed by atoms with E-state index in [9.17, 15) is 0 Å². The summed E-state index contributed by atoms with van der Waals surface area (Å²) in [5.41, 5.74) is 6.65. The van der Waals surface area contributed by atoms with E-state index >= 15 is 0 Å². The summed E-state index contributed by atoms with van der Waals surface area (Å²) < 4.78 is 0. The first-order valence-corrected chi connectivity index (χ1v) is 6.72. The van der Waals surface area contributed by atoms with Gasteiger partial charge in [-0.1, -0.05) is 24.9 Å². The Labute approximate surface area is 108 Å². The number of rotatable bonds is 3. The number of nitrogens with zero attached hydrogens (tertiary/aromatic N) is 2. The molecule has 1 atom stereocenters. The van der Waals surface area contributed by atoms with E-state index in [0.29, 0.717) is 6.54 Å². The minimum Gasteiger partial charge on any atom is -0.355 e. The van der Waals surface area contributed by atoms with Crippen LogP contribution in [0.15, 0.2) is 12.3 Å². The fourth-order valence-corrected chi connectivity index (χ4v) is 2.75. The van der Waals surface area contributed by atoms with E-state index in [0.717, 1.165) is 35.4 Å². The summed E-state index contributed by atoms with van der Waals surface area (Å²) in [6.07, 6.45) is 5.58. The maximum Gasteiger partial charge on any atom is 0.147 e. The van der Waals surface area contributed by atoms with E-state index in [4.69, 9.17) is 17.3 Å². The molecule has 0 saturated carbocycles. The van der Waals surface area contributed by atoms with Crippen LogP contribution in [0.3, 0.4) is 0 Å². The predicted octanol–water partition coefficient (Wildman–Crippen LogP) is 2.82. The van der Waals surface area contributed by atoms with E-state index in [2.05, 4.69) is 16.8 Å². The SMILES string of the molecule is CCC1CCCN(c2nccc(CN)c2Cl)C1. The van der Waals surface area contributed by atoms with Gasteiger partial charge in [0, 0.05) is 25.8 Å². The Bertz CT molecular complexity index is 381. The average molecular weight is 254 g/mol. The zero-order valence-electron chi connectivity index (χ0n) is 10.3. The average Bonchev–Trinajstić information content (AvgIpc) is 2.39. The third kappa shape index (κ3) is 2.72. The highest BCUT2D eigenvalue weighted by molar-refractivity contribution is 6.33. The van der Waals surface area contributed by atoms with Crippen molar-refractivity contribution in [3.63, 3.8) is 0 Å². The van der Waals surface area contributed by atoms with Crippen molar-refractivity contribution in [1.82, 2.24) is 4.98 Å². The maximum absolute atomic E-state index is 6.35. The molecule has 1 aromatic rings. The number of aromatic nitrogens is 1. The van der Waals surface area contributed by atoms with Gasteiger partial charge in [-0.05, 0) is 30.4 Å². The molecule has 2 N–H and O–H groups in total. The Morgan fingerprint density at radius 3 is 3.12 bits per heavy atom. The molecule has 94 valence electrons. The Balaban J connectivity index is 2.21. The van der Waals surface area contributed by atoms with Crippen LogP contribution in [-0.2, 0) is 6.54 Å². The van der Waals surface area contributed by atoms with E-state index in [1.54, 1.807) is 6.20 Å². The topological polar surface area (TPSA) is 42.2 Å². The first-order valence-electron chi connectivity index (χ1n) is 6.34. The molecule has 1 fully saturated rings. The molecule has 1 unspecified atom stereocenters. The van der Waals surface area contributed by atoms with Crippen molar-refractivity contribution in [2.24, 2.45) is 11.7 Å². The van der Waals surface area contributed by atoms with Crippen molar-refractivity contribution in [2.75, 3.05) is 18.0 Å². The maximum atomic E-state index is 6.35. The number of nitrogens with two attached hydrogens (primary N) is 1. The lowest BCUT2D eigenvalue weighted by atomic mass is 9.95. The van der Waals surface area contributed by atoms with Crippen LogP contribution >= 0.6 is 11.6 Å². The second kappa shape index (κ2) is 5.69. The van der Waals surface area contributed by atoms with Crippen molar-refractivity contribution in [3.05, 3.63) is 22.8 Å². The summed E-state index contributed by atoms with van der Waals surface area (Å²) in [5.74, 6) is 1.68. The molecule has 0 radical (unpaired) electrons. The molecular formula is C13H20ClN3. The molecule has 0 spiro atoms. The Morgan fingerprint density at radius 1 is 1.59 bits per heavy atom. The lowest BCUT2D eigenvalue weighted by Crippen LogP contribution is -2.36. The molecule has 17 heavy (non-hydrogen) atoms. The molecule has 4 heteroatoms. The molecule has 0 aromatic carbocycles. The van der Waals surface area contributed by atoms with Crippen molar-refractivity contribution in [1.29, 1.82) is 0 Å². The quantitative estimate of drug-likeness (QED) is 0.901. The van der Waals surface area contributed by atoms with Crippen LogP contribution in [0.5, 0.6) is 0 Å². The number of hydrogen-bond donors (Lipinski definition) is 1. The lowest BCUT2D eigenvalue weighted by molar-refractivity contribution is 0.403. The molecule has 1 aromatic heterocycles. The summed E-state index contributed by atoms with van der Waals surface area (Å²) in [4.78, 5) is 6.72. The highest BCUT2D eigenvalue weighted by Gasteiger charge is 2.21. The zero-order valence-corrected chi connectivity index (χ0v) is 11.1. The van der Waals surface area contributed by atoms with Crippen LogP contribution in [-0.4, -0.2) is 18.1 Å². The molecule has 2 rings (SSSR count). The lowest BCUT2D eigenvalue weighted by Gasteiger charge is -2.33. The zero-order chi connectivity index (χ0) is 12.3. The fourth-order valence-electron chi connectivity index (χ4n) is 2.44. The van der Waals surface area contributed by atoms with Crippen molar-refractivity contribution < 1.29 is 0 Å². The van der Waals surface area contributed by atoms with Crippen LogP contribution in [0.2, 0.25) is 5.02 Å². The minimum absolute atomic E-state index is 0.472. The number of piperidine rings is 1. The van der Waals surface area contributed by atoms with E-state index in [1.807, 2.05) is 6.07 Å². The van der Waals surface area contributed by atoms with Gasteiger partial charge in [-0.3, -0.25) is 0 Å². The Kier molecular flexibility index (Phi) is 4.24. The van der Waals surface area contributed by atoms with Gasteiger partial charge in [0.1, 0.15) is 5.82 Å². The standard InChI is InChI=1S/C13H20ClN3/c1-2-10-4-3-7-17(9-10)13-12(14)11(8-15)5-6-16-13/h5-6,10H,2-4,7-9,15H2,1H3. The molecule has 0 amide bonds. The molecule has 1 saturated heterocycles. The van der Waals surface area contributed by atoms with Gasteiger partial charge >= 0.3 is 0 Å². The minimum atomic E-state index is 0.472. The monoisotopic (exact) mass is 253 g/mol. The van der Waals surface area contributed by atoms with Crippen LogP contribution in [0.1, 0.15) is 31.7 Å². The van der Waals surface area contributed by atoms with E-state index in [1.165, 1.54) is 19.3 Å². The normalized spacial score (nSPS) is 20.6. The molecule has 0 aliphatic carbocycles. The highest BCUT2D eigenvalue weighted by Crippen LogP contribution is 2.30. The number of pyridine rings is 1. The molecule has 2 heterocycles. The van der Waals surface area contributed by atoms with Crippen LogP contribution < -0.4 is 10.6 Å². The summed E-state index contributed by atoms with van der Waals surface area (Å²) >= 11 is 6.35. The van der Waals surface area contributed by atoms with Crippen molar-refractivity contribution in [2.45, 2.75) is 32.7 Å². The number of anilines is 1. The third-order valence-electron chi connectivity index (χ3n) is 3.57. The van der Waals surface area contributed by atoms with Gasteiger partial charge < -0.3 is 10.6 Å². The third-order valence-corrected chi connectivity index (χ3v) is 3.98. The first kappa shape index (κ1) is 12.7. The summed E-state index contributed by atoms with van der Waals surface area (Å²) in [6.45, 7) is 4.84. The van der Waals surface area contributed by atoms with Crippen LogP contribution in [0.25, 0.3) is 0 Å². The molecule has 1 aliphatic rings. The highest BCUT2D eigenvalue weighted by atomic mass is 35.5. The molecular weight excluding hydrogens is 234 g/mol.